The standard InChI is InChI=1S/C2H6O.K.H3O4P.H/c1-2-3;;1-5(2,3)4;/h3H,2H2,1H3;;(H3,1,2,3,4);. The van der Waals surface area contributed by atoms with E-state index >= 15 is 0 Å². The third-order valence-corrected chi connectivity index (χ3v) is 0. The summed E-state index contributed by atoms with van der Waals surface area (Å²) in [7, 11) is -4.64. The van der Waals surface area contributed by atoms with E-state index in [-0.39, 0.29) is 58.0 Å². The van der Waals surface area contributed by atoms with Crippen LogP contribution in [-0.2, 0) is 4.57 Å². The predicted molar refractivity (Wildman–Crippen MR) is 34.2 cm³/mol. The van der Waals surface area contributed by atoms with Gasteiger partial charge in [0.05, 0.1) is 0 Å². The zero-order chi connectivity index (χ0) is 7.21. The van der Waals surface area contributed by atoms with Gasteiger partial charge in [-0.2, -0.15) is 0 Å². The number of phosphoric acid groups is 1. The molecule has 0 bridgehead atoms. The summed E-state index contributed by atoms with van der Waals surface area (Å²) in [5.74, 6) is 0. The molecule has 54 valence electrons. The first kappa shape index (κ1) is 17.0. The number of aliphatic hydroxyl groups is 1. The van der Waals surface area contributed by atoms with Crippen molar-refractivity contribution in [2.45, 2.75) is 6.92 Å². The molecule has 0 fully saturated rings. The van der Waals surface area contributed by atoms with Gasteiger partial charge in [-0.1, -0.05) is 0 Å². The minimum atomic E-state index is -4.64. The number of aliphatic hydroxyl groups excluding tert-OH is 1. The van der Waals surface area contributed by atoms with Crippen LogP contribution in [0.3, 0.4) is 0 Å². The van der Waals surface area contributed by atoms with Crippen LogP contribution in [0.5, 0.6) is 0 Å². The summed E-state index contributed by atoms with van der Waals surface area (Å²) in [5, 5.41) is 7.57. The minimum absolute atomic E-state index is 0. The molecule has 0 rings (SSSR count). The number of hydrogen-bond donors (Lipinski definition) is 4. The summed E-state index contributed by atoms with van der Waals surface area (Å²) in [4.78, 5) is 21.6. The SMILES string of the molecule is CCO.O=P(O)(O)O.[KH]. The van der Waals surface area contributed by atoms with Gasteiger partial charge in [0.2, 0.25) is 0 Å². The van der Waals surface area contributed by atoms with E-state index in [9.17, 15) is 0 Å². The first-order valence-electron chi connectivity index (χ1n) is 1.81. The fourth-order valence-corrected chi connectivity index (χ4v) is 0. The van der Waals surface area contributed by atoms with E-state index < -0.39 is 7.82 Å². The van der Waals surface area contributed by atoms with Crippen LogP contribution in [0.1, 0.15) is 6.92 Å². The molecule has 7 heteroatoms. The van der Waals surface area contributed by atoms with Crippen molar-refractivity contribution in [3.8, 4) is 0 Å². The van der Waals surface area contributed by atoms with Crippen LogP contribution in [-0.4, -0.2) is 77.8 Å². The van der Waals surface area contributed by atoms with Gasteiger partial charge in [0, 0.05) is 6.61 Å². The topological polar surface area (TPSA) is 98.0 Å². The van der Waals surface area contributed by atoms with Crippen molar-refractivity contribution in [3.05, 3.63) is 0 Å². The van der Waals surface area contributed by atoms with Gasteiger partial charge in [-0.05, 0) is 6.92 Å². The zero-order valence-electron chi connectivity index (χ0n) is 4.35. The van der Waals surface area contributed by atoms with Gasteiger partial charge in [-0.3, -0.25) is 0 Å². The van der Waals surface area contributed by atoms with Crippen molar-refractivity contribution in [1.29, 1.82) is 0 Å². The summed E-state index contributed by atoms with van der Waals surface area (Å²) in [6, 6.07) is 0. The predicted octanol–water partition coefficient (Wildman–Crippen LogP) is -1.58. The molecule has 0 aromatic rings. The average molecular weight is 184 g/mol. The Labute approximate surface area is 95.8 Å². The van der Waals surface area contributed by atoms with Gasteiger partial charge in [-0.25, -0.2) is 4.57 Å². The van der Waals surface area contributed by atoms with Gasteiger partial charge in [0.15, 0.2) is 0 Å². The maximum absolute atomic E-state index is 8.88. The van der Waals surface area contributed by atoms with E-state index in [0.29, 0.717) is 0 Å². The molecule has 0 unspecified atom stereocenters. The third-order valence-electron chi connectivity index (χ3n) is 0. The van der Waals surface area contributed by atoms with E-state index in [2.05, 4.69) is 0 Å². The van der Waals surface area contributed by atoms with Crippen molar-refractivity contribution in [2.75, 3.05) is 6.61 Å². The Balaban J connectivity index is -0.0000000800. The second kappa shape index (κ2) is 9.71. The molecule has 0 aromatic heterocycles. The Hall–Kier alpha value is 1.71. The second-order valence-corrected chi connectivity index (χ2v) is 1.86. The van der Waals surface area contributed by atoms with Crippen LogP contribution >= 0.6 is 7.82 Å². The average Bonchev–Trinajstić information content (AvgIpc) is 1.27. The van der Waals surface area contributed by atoms with Gasteiger partial charge in [-0.15, -0.1) is 0 Å². The molecule has 0 atom stereocenters. The molecule has 0 radical (unpaired) electrons. The Kier molecular flexibility index (Phi) is 18.3. The zero-order valence-corrected chi connectivity index (χ0v) is 5.25. The van der Waals surface area contributed by atoms with Crippen molar-refractivity contribution in [1.82, 2.24) is 0 Å². The van der Waals surface area contributed by atoms with Crippen LogP contribution in [0, 0.1) is 0 Å². The van der Waals surface area contributed by atoms with Crippen LogP contribution in [0.2, 0.25) is 0 Å². The van der Waals surface area contributed by atoms with E-state index in [4.69, 9.17) is 24.4 Å². The van der Waals surface area contributed by atoms with Gasteiger partial charge in [0.25, 0.3) is 0 Å². The number of hydrogen-bond acceptors (Lipinski definition) is 2. The van der Waals surface area contributed by atoms with Crippen molar-refractivity contribution >= 4 is 59.2 Å². The first-order chi connectivity index (χ1) is 3.41. The van der Waals surface area contributed by atoms with Crippen LogP contribution < -0.4 is 0 Å². The van der Waals surface area contributed by atoms with Crippen LogP contribution in [0.25, 0.3) is 0 Å². The van der Waals surface area contributed by atoms with Gasteiger partial charge >= 0.3 is 59.2 Å². The Morgan fingerprint density at radius 3 is 1.33 bits per heavy atom. The molecule has 0 aromatic carbocycles. The van der Waals surface area contributed by atoms with Crippen LogP contribution in [0.4, 0.5) is 0 Å². The molecule has 0 heterocycles. The van der Waals surface area contributed by atoms with E-state index in [1.54, 1.807) is 6.92 Å². The molecule has 0 amide bonds. The summed E-state index contributed by atoms with van der Waals surface area (Å²) < 4.78 is 8.88. The fourth-order valence-electron chi connectivity index (χ4n) is 0. The molecule has 4 N–H and O–H groups in total. The van der Waals surface area contributed by atoms with Crippen molar-refractivity contribution < 1.29 is 24.4 Å². The molecule has 5 nitrogen and oxygen atoms in total. The Morgan fingerprint density at radius 1 is 1.33 bits per heavy atom. The molecule has 0 saturated heterocycles. The third kappa shape index (κ3) is 198. The Bertz CT molecular complexity index is 70.8. The monoisotopic (exact) mass is 184 g/mol. The second-order valence-electron chi connectivity index (χ2n) is 0.830. The van der Waals surface area contributed by atoms with E-state index in [0.717, 1.165) is 0 Å². The quantitative estimate of drug-likeness (QED) is 0.269. The maximum atomic E-state index is 8.88. The van der Waals surface area contributed by atoms with Crippen LogP contribution in [0.15, 0.2) is 0 Å². The summed E-state index contributed by atoms with van der Waals surface area (Å²) in [5.41, 5.74) is 0. The van der Waals surface area contributed by atoms with E-state index in [1.165, 1.54) is 0 Å². The molecule has 9 heavy (non-hydrogen) atoms. The summed E-state index contributed by atoms with van der Waals surface area (Å²) in [6.07, 6.45) is 0. The van der Waals surface area contributed by atoms with Gasteiger partial charge < -0.3 is 19.8 Å². The van der Waals surface area contributed by atoms with Gasteiger partial charge in [0.1, 0.15) is 0 Å². The number of rotatable bonds is 0. The molecular weight excluding hydrogens is 174 g/mol. The fraction of sp³-hybridized carbons (Fsp3) is 1.00. The molecule has 0 aliphatic heterocycles. The van der Waals surface area contributed by atoms with Crippen molar-refractivity contribution in [3.63, 3.8) is 0 Å². The summed E-state index contributed by atoms with van der Waals surface area (Å²) in [6.45, 7) is 1.93. The molecule has 0 aliphatic rings. The molecule has 0 spiro atoms. The molecular formula is C2H10KO5P. The molecule has 0 saturated carbocycles. The Morgan fingerprint density at radius 2 is 1.33 bits per heavy atom. The molecule has 0 aliphatic carbocycles. The van der Waals surface area contributed by atoms with Crippen molar-refractivity contribution in [2.24, 2.45) is 0 Å². The first-order valence-corrected chi connectivity index (χ1v) is 3.37. The normalized spacial score (nSPS) is 8.56. The van der Waals surface area contributed by atoms with E-state index in [1.807, 2.05) is 0 Å². The summed E-state index contributed by atoms with van der Waals surface area (Å²) >= 11 is 0.